The molecule has 0 bridgehead atoms. The van der Waals surface area contributed by atoms with E-state index in [0.717, 1.165) is 44.9 Å². The Morgan fingerprint density at radius 1 is 0.894 bits per heavy atom. The molecule has 0 saturated carbocycles. The first-order valence-corrected chi connectivity index (χ1v) is 24.5. The minimum Gasteiger partial charge on any atom is -0.462 e. The lowest BCUT2D eigenvalue weighted by atomic mass is 9.66. The summed E-state index contributed by atoms with van der Waals surface area (Å²) in [4.78, 5) is 26.8. The molecule has 3 aliphatic rings. The van der Waals surface area contributed by atoms with Gasteiger partial charge in [-0.3, -0.25) is 9.59 Å². The van der Waals surface area contributed by atoms with Gasteiger partial charge in [0.15, 0.2) is 16.6 Å². The molecule has 2 aliphatic carbocycles. The van der Waals surface area contributed by atoms with E-state index in [9.17, 15) is 9.59 Å². The molecule has 1 saturated heterocycles. The monoisotopic (exact) mass is 690 g/mol. The molecule has 0 aromatic carbocycles. The van der Waals surface area contributed by atoms with Crippen molar-refractivity contribution in [3.05, 3.63) is 23.8 Å². The van der Waals surface area contributed by atoms with Crippen molar-refractivity contribution in [3.8, 4) is 0 Å². The summed E-state index contributed by atoms with van der Waals surface area (Å²) in [6.07, 6.45) is 13.3. The summed E-state index contributed by atoms with van der Waals surface area (Å²) in [7, 11) is -4.07. The van der Waals surface area contributed by atoms with Gasteiger partial charge in [-0.25, -0.2) is 0 Å². The van der Waals surface area contributed by atoms with Gasteiger partial charge in [0.25, 0.3) is 0 Å². The van der Waals surface area contributed by atoms with Crippen molar-refractivity contribution in [2.75, 3.05) is 0 Å². The molecule has 0 amide bonds. The fourth-order valence-corrected chi connectivity index (χ4v) is 10.0. The van der Waals surface area contributed by atoms with Gasteiger partial charge < -0.3 is 18.3 Å². The van der Waals surface area contributed by atoms with Crippen LogP contribution < -0.4 is 0 Å². The van der Waals surface area contributed by atoms with Crippen LogP contribution >= 0.6 is 0 Å². The van der Waals surface area contributed by atoms with Crippen molar-refractivity contribution in [2.45, 2.75) is 188 Å². The van der Waals surface area contributed by atoms with E-state index in [2.05, 4.69) is 114 Å². The van der Waals surface area contributed by atoms with Gasteiger partial charge in [-0.15, -0.1) is 0 Å². The highest BCUT2D eigenvalue weighted by molar-refractivity contribution is 6.74. The molecule has 1 fully saturated rings. The molecule has 47 heavy (non-hydrogen) atoms. The summed E-state index contributed by atoms with van der Waals surface area (Å²) in [5.74, 6) is 0.452. The minimum atomic E-state index is -2.06. The average molecular weight is 691 g/mol. The molecule has 6 nitrogen and oxygen atoms in total. The number of fused-ring (bicyclic) bond motifs is 1. The Balaban J connectivity index is 1.88. The lowest BCUT2D eigenvalue weighted by Crippen LogP contribution is -2.49. The van der Waals surface area contributed by atoms with Gasteiger partial charge in [-0.05, 0) is 86.3 Å². The smallest absolute Gasteiger partial charge is 0.312 e. The number of hydrogen-bond donors (Lipinski definition) is 0. The SMILES string of the molecule is CCCC(C)(CCC)C(=O)O[C@H]1C[C@H](O[Si](C)(C)C(C)(C)C)C=C2C=C[C@H](C)[C@H](CC[C@@H]3C[C@@H](O[Si](C)(C)C(C)(C)C)CC(=O)O3)[C@H]21. The normalized spacial score (nSPS) is 29.2. The summed E-state index contributed by atoms with van der Waals surface area (Å²) >= 11 is 0. The average Bonchev–Trinajstić information content (AvgIpc) is 2.91. The Morgan fingerprint density at radius 3 is 2.02 bits per heavy atom. The number of rotatable bonds is 13. The van der Waals surface area contributed by atoms with Crippen molar-refractivity contribution in [3.63, 3.8) is 0 Å². The predicted octanol–water partition coefficient (Wildman–Crippen LogP) is 10.5. The Bertz CT molecular complexity index is 1140. The van der Waals surface area contributed by atoms with Gasteiger partial charge in [0.2, 0.25) is 0 Å². The highest BCUT2D eigenvalue weighted by Gasteiger charge is 2.48. The fraction of sp³-hybridized carbons (Fsp3) is 0.846. The van der Waals surface area contributed by atoms with E-state index in [1.165, 1.54) is 5.57 Å². The Labute approximate surface area is 290 Å². The van der Waals surface area contributed by atoms with E-state index >= 15 is 0 Å². The van der Waals surface area contributed by atoms with E-state index in [-0.39, 0.29) is 58.3 Å². The van der Waals surface area contributed by atoms with Crippen molar-refractivity contribution in [2.24, 2.45) is 23.2 Å². The standard InChI is InChI=1S/C39H70O6Si2/c1-15-21-39(10,22-16-2)36(41)43-33-25-30(44-46(11,12)37(4,5)6)23-28-18-17-27(3)32(35(28)33)20-19-29-24-31(26-34(40)42-29)45-47(13,14)38(7,8)9/h17-18,23,27,29-33,35H,15-16,19-22,24-26H2,1-14H3/t27-,29+,30+,31+,32-,33-,35-/m0/s1. The zero-order valence-electron chi connectivity index (χ0n) is 32.6. The second kappa shape index (κ2) is 15.3. The second-order valence-corrected chi connectivity index (χ2v) is 27.9. The van der Waals surface area contributed by atoms with Crippen LogP contribution in [-0.4, -0.2) is 53.0 Å². The van der Waals surface area contributed by atoms with Crippen molar-refractivity contribution < 1.29 is 27.9 Å². The summed E-state index contributed by atoms with van der Waals surface area (Å²) in [6, 6.07) is 0. The molecule has 0 unspecified atom stereocenters. The van der Waals surface area contributed by atoms with E-state index in [1.807, 2.05) is 0 Å². The Morgan fingerprint density at radius 2 is 1.47 bits per heavy atom. The summed E-state index contributed by atoms with van der Waals surface area (Å²) in [5.41, 5.74) is 0.745. The molecule has 0 aromatic rings. The maximum Gasteiger partial charge on any atom is 0.312 e. The number of carbonyl (C=O) groups excluding carboxylic acids is 2. The molecular weight excluding hydrogens is 621 g/mol. The number of hydrogen-bond acceptors (Lipinski definition) is 6. The Hall–Kier alpha value is -1.23. The second-order valence-electron chi connectivity index (χ2n) is 18.4. The van der Waals surface area contributed by atoms with Gasteiger partial charge >= 0.3 is 11.9 Å². The molecule has 0 N–H and O–H groups in total. The zero-order chi connectivity index (χ0) is 35.6. The van der Waals surface area contributed by atoms with Crippen molar-refractivity contribution in [1.82, 2.24) is 0 Å². The first-order chi connectivity index (χ1) is 21.5. The molecule has 0 spiro atoms. The third-order valence-electron chi connectivity index (χ3n) is 12.3. The topological polar surface area (TPSA) is 71.1 Å². The van der Waals surface area contributed by atoms with Gasteiger partial charge in [0.05, 0.1) is 24.0 Å². The summed E-state index contributed by atoms with van der Waals surface area (Å²) < 4.78 is 26.3. The van der Waals surface area contributed by atoms with Crippen molar-refractivity contribution >= 4 is 28.6 Å². The van der Waals surface area contributed by atoms with Crippen LogP contribution in [0.25, 0.3) is 0 Å². The van der Waals surface area contributed by atoms with E-state index in [4.69, 9.17) is 18.3 Å². The van der Waals surface area contributed by atoms with Gasteiger partial charge in [-0.1, -0.05) is 93.4 Å². The number of ether oxygens (including phenoxy) is 2. The number of carbonyl (C=O) groups is 2. The largest absolute Gasteiger partial charge is 0.462 e. The third kappa shape index (κ3) is 9.94. The molecule has 7 atom stereocenters. The van der Waals surface area contributed by atoms with E-state index in [0.29, 0.717) is 18.8 Å². The molecule has 8 heteroatoms. The van der Waals surface area contributed by atoms with Gasteiger partial charge in [0.1, 0.15) is 12.2 Å². The first kappa shape index (κ1) is 40.2. The predicted molar refractivity (Wildman–Crippen MR) is 198 cm³/mol. The van der Waals surface area contributed by atoms with E-state index in [1.54, 1.807) is 0 Å². The number of esters is 2. The minimum absolute atomic E-state index is 0.0636. The Kier molecular flexibility index (Phi) is 13.1. The highest BCUT2D eigenvalue weighted by Crippen LogP contribution is 2.47. The molecular formula is C39H70O6Si2. The third-order valence-corrected chi connectivity index (χ3v) is 21.3. The molecule has 0 aromatic heterocycles. The van der Waals surface area contributed by atoms with Crippen LogP contribution in [-0.2, 0) is 27.9 Å². The van der Waals surface area contributed by atoms with Crippen LogP contribution in [0.5, 0.6) is 0 Å². The molecule has 270 valence electrons. The summed E-state index contributed by atoms with van der Waals surface area (Å²) in [6.45, 7) is 31.3. The number of allylic oxidation sites excluding steroid dienone is 2. The molecule has 1 aliphatic heterocycles. The maximum absolute atomic E-state index is 14.0. The lowest BCUT2D eigenvalue weighted by molar-refractivity contribution is -0.168. The van der Waals surface area contributed by atoms with Crippen LogP contribution in [0.4, 0.5) is 0 Å². The highest BCUT2D eigenvalue weighted by atomic mass is 28.4. The van der Waals surface area contributed by atoms with Crippen molar-refractivity contribution in [1.29, 1.82) is 0 Å². The number of cyclic esters (lactones) is 1. The van der Waals surface area contributed by atoms with Crippen LogP contribution in [0, 0.1) is 23.2 Å². The maximum atomic E-state index is 14.0. The van der Waals surface area contributed by atoms with E-state index < -0.39 is 22.0 Å². The molecule has 1 heterocycles. The van der Waals surface area contributed by atoms with Crippen LogP contribution in [0.2, 0.25) is 36.3 Å². The zero-order valence-corrected chi connectivity index (χ0v) is 34.6. The first-order valence-electron chi connectivity index (χ1n) is 18.7. The fourth-order valence-electron chi connectivity index (χ4n) is 7.40. The molecule has 0 radical (unpaired) electrons. The lowest BCUT2D eigenvalue weighted by Gasteiger charge is -2.46. The van der Waals surface area contributed by atoms with Crippen LogP contribution in [0.15, 0.2) is 23.8 Å². The summed E-state index contributed by atoms with van der Waals surface area (Å²) in [5, 5.41) is 0.165. The van der Waals surface area contributed by atoms with Crippen LogP contribution in [0.3, 0.4) is 0 Å². The molecule has 3 rings (SSSR count). The quantitative estimate of drug-likeness (QED) is 0.141. The van der Waals surface area contributed by atoms with Gasteiger partial charge in [0, 0.05) is 18.8 Å². The van der Waals surface area contributed by atoms with Gasteiger partial charge in [-0.2, -0.15) is 0 Å². The van der Waals surface area contributed by atoms with Crippen LogP contribution in [0.1, 0.15) is 127 Å².